The van der Waals surface area contributed by atoms with Gasteiger partial charge < -0.3 is 0 Å². The van der Waals surface area contributed by atoms with Gasteiger partial charge in [-0.15, -0.1) is 11.3 Å². The molecule has 0 saturated carbocycles. The second-order valence-electron chi connectivity index (χ2n) is 3.30. The van der Waals surface area contributed by atoms with Gasteiger partial charge in [-0.1, -0.05) is 43.5 Å². The van der Waals surface area contributed by atoms with Gasteiger partial charge in [0, 0.05) is 18.8 Å². The average Bonchev–Trinajstić information content (AvgIpc) is 2.62. The first kappa shape index (κ1) is 14.5. The van der Waals surface area contributed by atoms with E-state index in [2.05, 4.69) is 69.8 Å². The molecule has 1 aromatic carbocycles. The van der Waals surface area contributed by atoms with E-state index < -0.39 is 0 Å². The Morgan fingerprint density at radius 3 is 2.41 bits per heavy atom. The van der Waals surface area contributed by atoms with Crippen LogP contribution in [0.2, 0.25) is 5.02 Å². The molecular weight excluding hydrogens is 519 g/mol. The van der Waals surface area contributed by atoms with Crippen LogP contribution < -0.4 is 0 Å². The van der Waals surface area contributed by atoms with E-state index in [1.54, 1.807) is 11.3 Å². The van der Waals surface area contributed by atoms with Crippen molar-refractivity contribution in [3.8, 4) is 0 Å². The van der Waals surface area contributed by atoms with Gasteiger partial charge in [0.15, 0.2) is 0 Å². The minimum Gasteiger partial charge on any atom is -0.131 e. The summed E-state index contributed by atoms with van der Waals surface area (Å²) in [6.45, 7) is 0. The van der Waals surface area contributed by atoms with Gasteiger partial charge in [0.2, 0.25) is 0 Å². The van der Waals surface area contributed by atoms with Crippen molar-refractivity contribution in [3.05, 3.63) is 52.5 Å². The third-order valence-electron chi connectivity index (χ3n) is 2.15. The van der Waals surface area contributed by atoms with Gasteiger partial charge in [-0.2, -0.15) is 0 Å². The van der Waals surface area contributed by atoms with E-state index in [-0.39, 0.29) is 4.83 Å². The van der Waals surface area contributed by atoms with Gasteiger partial charge in [-0.05, 0) is 61.7 Å². The number of benzene rings is 1. The van der Waals surface area contributed by atoms with Crippen LogP contribution in [-0.4, -0.2) is 0 Å². The Bertz CT molecular complexity index is 533. The third-order valence-corrected chi connectivity index (χ3v) is 7.59. The zero-order valence-electron chi connectivity index (χ0n) is 8.18. The molecule has 0 fully saturated rings. The van der Waals surface area contributed by atoms with Crippen LogP contribution in [0.1, 0.15) is 15.3 Å². The molecule has 0 aliphatic heterocycles. The fraction of sp³-hybridized carbons (Fsp3) is 0.0909. The second-order valence-corrected chi connectivity index (χ2v) is 8.79. The number of halogens is 5. The van der Waals surface area contributed by atoms with Crippen molar-refractivity contribution in [3.63, 3.8) is 0 Å². The van der Waals surface area contributed by atoms with Crippen LogP contribution >= 0.6 is 86.7 Å². The summed E-state index contributed by atoms with van der Waals surface area (Å²) in [5.74, 6) is 0. The lowest BCUT2D eigenvalue weighted by atomic mass is 10.1. The maximum absolute atomic E-state index is 6.22. The predicted octanol–water partition coefficient (Wildman–Crippen LogP) is 7.17. The second kappa shape index (κ2) is 6.06. The lowest BCUT2D eigenvalue weighted by Gasteiger charge is -2.10. The summed E-state index contributed by atoms with van der Waals surface area (Å²) in [4.78, 5) is 1.30. The fourth-order valence-electron chi connectivity index (χ4n) is 1.35. The molecule has 0 nitrogen and oxygen atoms in total. The highest BCUT2D eigenvalue weighted by Crippen LogP contribution is 2.43. The highest BCUT2D eigenvalue weighted by Gasteiger charge is 2.17. The highest BCUT2D eigenvalue weighted by atomic mass is 79.9. The molecule has 0 radical (unpaired) electrons. The Labute approximate surface area is 142 Å². The molecule has 0 spiro atoms. The third kappa shape index (κ3) is 3.37. The molecule has 0 bridgehead atoms. The molecule has 90 valence electrons. The number of thiophene rings is 1. The molecule has 0 N–H and O–H groups in total. The summed E-state index contributed by atoms with van der Waals surface area (Å²) in [6.07, 6.45) is 0. The molecule has 1 atom stereocenters. The van der Waals surface area contributed by atoms with Crippen LogP contribution in [0, 0.1) is 0 Å². The van der Waals surface area contributed by atoms with E-state index in [4.69, 9.17) is 11.6 Å². The Balaban J connectivity index is 2.42. The van der Waals surface area contributed by atoms with E-state index in [0.717, 1.165) is 23.3 Å². The molecule has 1 heterocycles. The van der Waals surface area contributed by atoms with Crippen molar-refractivity contribution in [2.75, 3.05) is 0 Å². The monoisotopic (exact) mass is 520 g/mol. The van der Waals surface area contributed by atoms with Gasteiger partial charge in [0.1, 0.15) is 0 Å². The lowest BCUT2D eigenvalue weighted by Crippen LogP contribution is -1.90. The summed E-state index contributed by atoms with van der Waals surface area (Å²) in [5.41, 5.74) is 1.06. The van der Waals surface area contributed by atoms with Crippen molar-refractivity contribution in [2.45, 2.75) is 4.83 Å². The number of hydrogen-bond donors (Lipinski definition) is 0. The van der Waals surface area contributed by atoms with Crippen LogP contribution in [0.15, 0.2) is 37.0 Å². The predicted molar refractivity (Wildman–Crippen MR) is 89.6 cm³/mol. The molecule has 2 rings (SSSR count). The van der Waals surface area contributed by atoms with Crippen LogP contribution in [0.3, 0.4) is 0 Å². The van der Waals surface area contributed by atoms with Gasteiger partial charge in [-0.25, -0.2) is 0 Å². The van der Waals surface area contributed by atoms with Crippen molar-refractivity contribution in [1.29, 1.82) is 0 Å². The van der Waals surface area contributed by atoms with Crippen molar-refractivity contribution >= 4 is 86.7 Å². The molecule has 2 aromatic rings. The van der Waals surface area contributed by atoms with E-state index >= 15 is 0 Å². The molecule has 17 heavy (non-hydrogen) atoms. The smallest absolute Gasteiger partial charge is 0.0843 e. The van der Waals surface area contributed by atoms with E-state index in [1.165, 1.54) is 4.88 Å². The maximum atomic E-state index is 6.22. The van der Waals surface area contributed by atoms with E-state index in [9.17, 15) is 0 Å². The summed E-state index contributed by atoms with van der Waals surface area (Å²) in [7, 11) is 0. The maximum Gasteiger partial charge on any atom is 0.0843 e. The quantitative estimate of drug-likeness (QED) is 0.366. The van der Waals surface area contributed by atoms with Crippen LogP contribution in [0.25, 0.3) is 0 Å². The standard InChI is InChI=1S/C11H5Br4ClS/c12-5-1-2-8(16)6(3-5)10(14)9-4-7(13)11(15)17-9/h1-4,10H. The van der Waals surface area contributed by atoms with Crippen molar-refractivity contribution < 1.29 is 0 Å². The van der Waals surface area contributed by atoms with Crippen LogP contribution in [0.5, 0.6) is 0 Å². The Morgan fingerprint density at radius 2 is 1.82 bits per heavy atom. The highest BCUT2D eigenvalue weighted by molar-refractivity contribution is 9.13. The molecule has 0 saturated heterocycles. The SMILES string of the molecule is Clc1ccc(Br)cc1C(Br)c1cc(Br)c(Br)s1. The Kier molecular flexibility index (Phi) is 5.18. The van der Waals surface area contributed by atoms with E-state index in [1.807, 2.05) is 18.2 Å². The molecule has 6 heteroatoms. The van der Waals surface area contributed by atoms with Gasteiger partial charge in [0.25, 0.3) is 0 Å². The molecule has 0 amide bonds. The van der Waals surface area contributed by atoms with Crippen molar-refractivity contribution in [2.24, 2.45) is 0 Å². The molecule has 1 aromatic heterocycles. The first-order valence-electron chi connectivity index (χ1n) is 4.53. The first-order valence-corrected chi connectivity index (χ1v) is 9.01. The average molecular weight is 524 g/mol. The largest absolute Gasteiger partial charge is 0.131 e. The Morgan fingerprint density at radius 1 is 1.12 bits per heavy atom. The number of hydrogen-bond acceptors (Lipinski definition) is 1. The summed E-state index contributed by atoms with van der Waals surface area (Å²) >= 11 is 22.0. The summed E-state index contributed by atoms with van der Waals surface area (Å²) in [6, 6.07) is 7.95. The first-order chi connectivity index (χ1) is 7.99. The minimum absolute atomic E-state index is 0.0973. The van der Waals surface area contributed by atoms with Gasteiger partial charge in [0.05, 0.1) is 8.61 Å². The molecule has 1 unspecified atom stereocenters. The molecular formula is C11H5Br4ClS. The van der Waals surface area contributed by atoms with E-state index in [0.29, 0.717) is 0 Å². The van der Waals surface area contributed by atoms with Gasteiger partial charge >= 0.3 is 0 Å². The number of alkyl halides is 1. The topological polar surface area (TPSA) is 0 Å². The summed E-state index contributed by atoms with van der Waals surface area (Å²) in [5, 5.41) is 0.760. The van der Waals surface area contributed by atoms with Gasteiger partial charge in [-0.3, -0.25) is 0 Å². The number of rotatable bonds is 2. The summed E-state index contributed by atoms with van der Waals surface area (Å²) < 4.78 is 3.17. The molecule has 0 aliphatic rings. The molecule has 0 aliphatic carbocycles. The zero-order valence-corrected chi connectivity index (χ0v) is 16.1. The fourth-order valence-corrected chi connectivity index (χ4v) is 4.97. The van der Waals surface area contributed by atoms with Crippen LogP contribution in [0.4, 0.5) is 0 Å². The zero-order chi connectivity index (χ0) is 12.6. The van der Waals surface area contributed by atoms with Crippen molar-refractivity contribution in [1.82, 2.24) is 0 Å². The normalized spacial score (nSPS) is 12.8. The lowest BCUT2D eigenvalue weighted by molar-refractivity contribution is 1.22. The van der Waals surface area contributed by atoms with Crippen LogP contribution in [-0.2, 0) is 0 Å². The Hall–Kier alpha value is 1.13. The minimum atomic E-state index is 0.0973.